The Bertz CT molecular complexity index is 644. The average molecular weight is 337 g/mol. The van der Waals surface area contributed by atoms with Crippen LogP contribution in [0.4, 0.5) is 5.69 Å². The van der Waals surface area contributed by atoms with Crippen molar-refractivity contribution in [3.8, 4) is 0 Å². The van der Waals surface area contributed by atoms with Crippen molar-refractivity contribution >= 4 is 39.1 Å². The monoisotopic (exact) mass is 335 g/mol. The molecule has 1 unspecified atom stereocenters. The molecule has 0 radical (unpaired) electrons. The summed E-state index contributed by atoms with van der Waals surface area (Å²) in [5, 5.41) is 3.48. The van der Waals surface area contributed by atoms with Crippen LogP contribution in [0.3, 0.4) is 0 Å². The lowest BCUT2D eigenvalue weighted by Crippen LogP contribution is -2.30. The molecule has 1 heterocycles. The third-order valence-corrected chi connectivity index (χ3v) is 4.66. The molecular formula is C15H11BrClNO. The van der Waals surface area contributed by atoms with Crippen LogP contribution < -0.4 is 5.32 Å². The molecule has 96 valence electrons. The molecule has 1 amide bonds. The molecule has 2 aromatic rings. The summed E-state index contributed by atoms with van der Waals surface area (Å²) in [7, 11) is 0. The summed E-state index contributed by atoms with van der Waals surface area (Å²) in [6.07, 6.45) is 0.566. The van der Waals surface area contributed by atoms with Crippen molar-refractivity contribution in [3.63, 3.8) is 0 Å². The Morgan fingerprint density at radius 1 is 1.11 bits per heavy atom. The van der Waals surface area contributed by atoms with E-state index >= 15 is 0 Å². The van der Waals surface area contributed by atoms with Crippen LogP contribution in [0.15, 0.2) is 48.5 Å². The first-order chi connectivity index (χ1) is 9.11. The van der Waals surface area contributed by atoms with Gasteiger partial charge in [0, 0.05) is 22.7 Å². The number of benzene rings is 2. The van der Waals surface area contributed by atoms with Crippen LogP contribution in [0.5, 0.6) is 0 Å². The lowest BCUT2D eigenvalue weighted by molar-refractivity contribution is -0.117. The van der Waals surface area contributed by atoms with Gasteiger partial charge in [-0.1, -0.05) is 63.9 Å². The molecule has 0 aromatic heterocycles. The van der Waals surface area contributed by atoms with Gasteiger partial charge in [-0.05, 0) is 17.7 Å². The zero-order valence-corrected chi connectivity index (χ0v) is 12.3. The van der Waals surface area contributed by atoms with E-state index in [0.717, 1.165) is 16.8 Å². The zero-order chi connectivity index (χ0) is 13.5. The summed E-state index contributed by atoms with van der Waals surface area (Å²) < 4.78 is -0.790. The molecular weight excluding hydrogens is 326 g/mol. The largest absolute Gasteiger partial charge is 0.324 e. The van der Waals surface area contributed by atoms with E-state index in [2.05, 4.69) is 21.2 Å². The van der Waals surface area contributed by atoms with Crippen LogP contribution in [-0.2, 0) is 15.5 Å². The Labute approximate surface area is 124 Å². The predicted octanol–water partition coefficient (Wildman–Crippen LogP) is 4.13. The van der Waals surface area contributed by atoms with E-state index in [1.165, 1.54) is 0 Å². The van der Waals surface area contributed by atoms with Gasteiger partial charge in [0.15, 0.2) is 0 Å². The van der Waals surface area contributed by atoms with Gasteiger partial charge in [0.05, 0.1) is 0 Å². The topological polar surface area (TPSA) is 29.1 Å². The van der Waals surface area contributed by atoms with Gasteiger partial charge in [0.2, 0.25) is 5.91 Å². The molecule has 2 aromatic carbocycles. The minimum atomic E-state index is -0.790. The van der Waals surface area contributed by atoms with Gasteiger partial charge in [-0.25, -0.2) is 0 Å². The second kappa shape index (κ2) is 4.66. The minimum Gasteiger partial charge on any atom is -0.324 e. The highest BCUT2D eigenvalue weighted by Crippen LogP contribution is 2.48. The fourth-order valence-corrected chi connectivity index (χ4v) is 3.71. The van der Waals surface area contributed by atoms with E-state index in [0.29, 0.717) is 11.4 Å². The Morgan fingerprint density at radius 2 is 1.84 bits per heavy atom. The van der Waals surface area contributed by atoms with Crippen LogP contribution in [-0.4, -0.2) is 5.91 Å². The van der Waals surface area contributed by atoms with Crippen molar-refractivity contribution in [2.24, 2.45) is 0 Å². The van der Waals surface area contributed by atoms with E-state index in [9.17, 15) is 4.79 Å². The van der Waals surface area contributed by atoms with Gasteiger partial charge in [-0.3, -0.25) is 4.79 Å². The molecule has 19 heavy (non-hydrogen) atoms. The van der Waals surface area contributed by atoms with Crippen LogP contribution in [0.2, 0.25) is 5.02 Å². The molecule has 1 atom stereocenters. The summed E-state index contributed by atoms with van der Waals surface area (Å²) in [5.74, 6) is -0.0700. The van der Waals surface area contributed by atoms with Gasteiger partial charge < -0.3 is 5.32 Å². The number of carbonyl (C=O) groups excluding carboxylic acids is 1. The van der Waals surface area contributed by atoms with Gasteiger partial charge in [-0.15, -0.1) is 0 Å². The quantitative estimate of drug-likeness (QED) is 0.821. The van der Waals surface area contributed by atoms with Crippen molar-refractivity contribution in [1.82, 2.24) is 0 Å². The lowest BCUT2D eigenvalue weighted by Gasteiger charge is -2.21. The molecule has 0 bridgehead atoms. The van der Waals surface area contributed by atoms with E-state index in [-0.39, 0.29) is 5.91 Å². The van der Waals surface area contributed by atoms with Crippen LogP contribution in [0.25, 0.3) is 0 Å². The number of alkyl halides is 1. The SMILES string of the molecule is O=C1Nc2cccc(Cl)c2C1(Br)Cc1ccccc1. The highest BCUT2D eigenvalue weighted by molar-refractivity contribution is 9.10. The number of hydrogen-bond acceptors (Lipinski definition) is 1. The fraction of sp³-hybridized carbons (Fsp3) is 0.133. The molecule has 0 saturated heterocycles. The molecule has 2 nitrogen and oxygen atoms in total. The van der Waals surface area contributed by atoms with Crippen molar-refractivity contribution in [2.75, 3.05) is 5.32 Å². The normalized spacial score (nSPS) is 21.1. The summed E-state index contributed by atoms with van der Waals surface area (Å²) in [6, 6.07) is 15.4. The molecule has 4 heteroatoms. The molecule has 3 rings (SSSR count). The number of halogens is 2. The number of fused-ring (bicyclic) bond motifs is 1. The van der Waals surface area contributed by atoms with Gasteiger partial charge in [0.1, 0.15) is 4.32 Å². The molecule has 1 N–H and O–H groups in total. The summed E-state index contributed by atoms with van der Waals surface area (Å²) in [6.45, 7) is 0. The maximum Gasteiger partial charge on any atom is 0.246 e. The van der Waals surface area contributed by atoms with Crippen molar-refractivity contribution < 1.29 is 4.79 Å². The summed E-state index contributed by atoms with van der Waals surface area (Å²) in [5.41, 5.74) is 2.69. The molecule has 0 fully saturated rings. The Kier molecular flexibility index (Phi) is 3.11. The number of nitrogens with one attached hydrogen (secondary N) is 1. The number of carbonyl (C=O) groups is 1. The van der Waals surface area contributed by atoms with Crippen LogP contribution in [0, 0.1) is 0 Å². The molecule has 0 saturated carbocycles. The predicted molar refractivity (Wildman–Crippen MR) is 80.8 cm³/mol. The Morgan fingerprint density at radius 3 is 2.58 bits per heavy atom. The smallest absolute Gasteiger partial charge is 0.246 e. The first kappa shape index (κ1) is 12.7. The zero-order valence-electron chi connectivity index (χ0n) is 9.99. The van der Waals surface area contributed by atoms with Crippen molar-refractivity contribution in [3.05, 3.63) is 64.7 Å². The summed E-state index contributed by atoms with van der Waals surface area (Å²) >= 11 is 9.86. The number of hydrogen-bond donors (Lipinski definition) is 1. The second-order valence-electron chi connectivity index (χ2n) is 4.58. The number of anilines is 1. The van der Waals surface area contributed by atoms with E-state index in [1.807, 2.05) is 48.5 Å². The van der Waals surface area contributed by atoms with Crippen LogP contribution in [0.1, 0.15) is 11.1 Å². The molecule has 0 spiro atoms. The fourth-order valence-electron chi connectivity index (χ4n) is 2.41. The van der Waals surface area contributed by atoms with Gasteiger partial charge in [0.25, 0.3) is 0 Å². The highest BCUT2D eigenvalue weighted by Gasteiger charge is 2.46. The van der Waals surface area contributed by atoms with E-state index in [4.69, 9.17) is 11.6 Å². The minimum absolute atomic E-state index is 0.0700. The third kappa shape index (κ3) is 2.07. The molecule has 1 aliphatic heterocycles. The lowest BCUT2D eigenvalue weighted by atomic mass is 9.93. The highest BCUT2D eigenvalue weighted by atomic mass is 79.9. The number of amides is 1. The standard InChI is InChI=1S/C15H11BrClNO/c16-15(9-10-5-2-1-3-6-10)13-11(17)7-4-8-12(13)18-14(15)19/h1-8H,9H2,(H,18,19). The maximum atomic E-state index is 12.3. The van der Waals surface area contributed by atoms with Crippen LogP contribution >= 0.6 is 27.5 Å². The van der Waals surface area contributed by atoms with Gasteiger partial charge >= 0.3 is 0 Å². The van der Waals surface area contributed by atoms with Crippen molar-refractivity contribution in [1.29, 1.82) is 0 Å². The van der Waals surface area contributed by atoms with E-state index in [1.54, 1.807) is 0 Å². The second-order valence-corrected chi connectivity index (χ2v) is 6.34. The first-order valence-corrected chi connectivity index (χ1v) is 7.11. The van der Waals surface area contributed by atoms with Crippen molar-refractivity contribution in [2.45, 2.75) is 10.7 Å². The average Bonchev–Trinajstić information content (AvgIpc) is 2.64. The Balaban J connectivity index is 2.08. The number of rotatable bonds is 2. The summed E-state index contributed by atoms with van der Waals surface area (Å²) in [4.78, 5) is 12.3. The molecule has 1 aliphatic rings. The maximum absolute atomic E-state index is 12.3. The Hall–Kier alpha value is -1.32. The molecule has 0 aliphatic carbocycles. The van der Waals surface area contributed by atoms with Gasteiger partial charge in [-0.2, -0.15) is 0 Å². The third-order valence-electron chi connectivity index (χ3n) is 3.31. The van der Waals surface area contributed by atoms with E-state index < -0.39 is 4.32 Å². The first-order valence-electron chi connectivity index (χ1n) is 5.94.